The number of hydrogen-bond acceptors (Lipinski definition) is 2. The predicted molar refractivity (Wildman–Crippen MR) is 94.9 cm³/mol. The van der Waals surface area contributed by atoms with Gasteiger partial charge in [-0.15, -0.1) is 0 Å². The van der Waals surface area contributed by atoms with Crippen molar-refractivity contribution < 1.29 is 9.59 Å². The average molecular weight is 337 g/mol. The van der Waals surface area contributed by atoms with Crippen molar-refractivity contribution in [1.29, 1.82) is 0 Å². The number of amides is 2. The zero-order valence-electron chi connectivity index (χ0n) is 14.2. The van der Waals surface area contributed by atoms with Gasteiger partial charge in [-0.1, -0.05) is 18.6 Å². The third kappa shape index (κ3) is 3.31. The molecule has 25 heavy (non-hydrogen) atoms. The first-order chi connectivity index (χ1) is 12.2. The van der Waals surface area contributed by atoms with Crippen molar-refractivity contribution >= 4 is 11.8 Å². The molecule has 2 aliphatic carbocycles. The molecular weight excluding hydrogens is 314 g/mol. The molecule has 2 N–H and O–H groups in total. The molecule has 2 aromatic rings. The Morgan fingerprint density at radius 1 is 1.00 bits per heavy atom. The summed E-state index contributed by atoms with van der Waals surface area (Å²) in [4.78, 5) is 24.7. The summed E-state index contributed by atoms with van der Waals surface area (Å²) in [5.74, 6) is 1.63. The fourth-order valence-corrected chi connectivity index (χ4v) is 4.50. The highest BCUT2D eigenvalue weighted by Gasteiger charge is 2.40. The Morgan fingerprint density at radius 3 is 2.52 bits per heavy atom. The molecule has 0 radical (unpaired) electrons. The summed E-state index contributed by atoms with van der Waals surface area (Å²) in [6, 6.07) is 11.2. The van der Waals surface area contributed by atoms with Crippen molar-refractivity contribution in [3.63, 3.8) is 0 Å². The number of aromatic nitrogens is 1. The molecule has 0 unspecified atom stereocenters. The number of rotatable bonds is 4. The maximum atomic E-state index is 12.5. The van der Waals surface area contributed by atoms with Gasteiger partial charge < -0.3 is 4.57 Å². The third-order valence-electron chi connectivity index (χ3n) is 5.68. The molecule has 0 aliphatic heterocycles. The van der Waals surface area contributed by atoms with Crippen molar-refractivity contribution in [2.45, 2.75) is 32.1 Å². The highest BCUT2D eigenvalue weighted by atomic mass is 16.2. The molecule has 5 nitrogen and oxygen atoms in total. The number of hydrazine groups is 1. The molecule has 2 fully saturated rings. The predicted octanol–water partition coefficient (Wildman–Crippen LogP) is 3.06. The Kier molecular flexibility index (Phi) is 4.30. The van der Waals surface area contributed by atoms with E-state index >= 15 is 0 Å². The summed E-state index contributed by atoms with van der Waals surface area (Å²) in [7, 11) is 0. The van der Waals surface area contributed by atoms with Gasteiger partial charge in [0.15, 0.2) is 0 Å². The normalized spacial score (nSPS) is 24.2. The van der Waals surface area contributed by atoms with Crippen LogP contribution in [-0.2, 0) is 4.79 Å². The number of fused-ring (bicyclic) bond motifs is 2. The first kappa shape index (κ1) is 15.9. The fourth-order valence-electron chi connectivity index (χ4n) is 4.50. The molecule has 0 saturated heterocycles. The Balaban J connectivity index is 1.36. The van der Waals surface area contributed by atoms with Gasteiger partial charge in [-0.2, -0.15) is 0 Å². The topological polar surface area (TPSA) is 63.1 Å². The highest BCUT2D eigenvalue weighted by molar-refractivity contribution is 5.98. The van der Waals surface area contributed by atoms with Crippen LogP contribution >= 0.6 is 0 Å². The molecule has 0 spiro atoms. The van der Waals surface area contributed by atoms with Gasteiger partial charge in [0.05, 0.1) is 11.3 Å². The SMILES string of the molecule is O=C(C[C@@H]1C[C@@H]2CC[C@@H]1C2)NNC(=O)c1ccccc1-n1cccc1. The van der Waals surface area contributed by atoms with E-state index in [4.69, 9.17) is 0 Å². The minimum absolute atomic E-state index is 0.0932. The van der Waals surface area contributed by atoms with Crippen molar-refractivity contribution in [3.05, 3.63) is 54.4 Å². The van der Waals surface area contributed by atoms with E-state index in [0.717, 1.165) is 11.6 Å². The lowest BCUT2D eigenvalue weighted by Gasteiger charge is -2.21. The van der Waals surface area contributed by atoms with E-state index < -0.39 is 0 Å². The summed E-state index contributed by atoms with van der Waals surface area (Å²) in [5, 5.41) is 0. The summed E-state index contributed by atoms with van der Waals surface area (Å²) in [6.07, 6.45) is 9.34. The maximum absolute atomic E-state index is 12.5. The number of carbonyl (C=O) groups excluding carboxylic acids is 2. The van der Waals surface area contributed by atoms with Crippen molar-refractivity contribution in [2.24, 2.45) is 17.8 Å². The van der Waals surface area contributed by atoms with Gasteiger partial charge in [0, 0.05) is 18.8 Å². The summed E-state index contributed by atoms with van der Waals surface area (Å²) >= 11 is 0. The molecule has 2 amide bonds. The average Bonchev–Trinajstić information content (AvgIpc) is 3.37. The Labute approximate surface area is 147 Å². The minimum atomic E-state index is -0.300. The molecule has 2 saturated carbocycles. The van der Waals surface area contributed by atoms with E-state index in [9.17, 15) is 9.59 Å². The van der Waals surface area contributed by atoms with Gasteiger partial charge in [-0.25, -0.2) is 0 Å². The summed E-state index contributed by atoms with van der Waals surface area (Å²) < 4.78 is 1.88. The van der Waals surface area contributed by atoms with Crippen LogP contribution in [0.25, 0.3) is 5.69 Å². The number of carbonyl (C=O) groups is 2. The molecule has 3 atom stereocenters. The number of nitrogens with one attached hydrogen (secondary N) is 2. The molecule has 4 rings (SSSR count). The monoisotopic (exact) mass is 337 g/mol. The van der Waals surface area contributed by atoms with Crippen LogP contribution in [-0.4, -0.2) is 16.4 Å². The molecule has 2 bridgehead atoms. The van der Waals surface area contributed by atoms with Gasteiger partial charge in [0.25, 0.3) is 5.91 Å². The van der Waals surface area contributed by atoms with Crippen LogP contribution in [0.4, 0.5) is 0 Å². The van der Waals surface area contributed by atoms with E-state index in [2.05, 4.69) is 10.9 Å². The zero-order chi connectivity index (χ0) is 17.2. The lowest BCUT2D eigenvalue weighted by atomic mass is 9.86. The zero-order valence-corrected chi connectivity index (χ0v) is 14.2. The molecule has 1 aromatic carbocycles. The minimum Gasteiger partial charge on any atom is -0.323 e. The molecule has 2 aliphatic rings. The molecule has 5 heteroatoms. The van der Waals surface area contributed by atoms with Crippen LogP contribution in [0.1, 0.15) is 42.5 Å². The Bertz CT molecular complexity index is 769. The van der Waals surface area contributed by atoms with Crippen LogP contribution in [0.5, 0.6) is 0 Å². The van der Waals surface area contributed by atoms with Crippen molar-refractivity contribution in [2.75, 3.05) is 0 Å². The molecule has 130 valence electrons. The Morgan fingerprint density at radius 2 is 1.80 bits per heavy atom. The number of nitrogens with zero attached hydrogens (tertiary/aromatic N) is 1. The Hall–Kier alpha value is -2.56. The van der Waals surface area contributed by atoms with E-state index in [-0.39, 0.29) is 11.8 Å². The summed E-state index contributed by atoms with van der Waals surface area (Å²) in [6.45, 7) is 0. The van der Waals surface area contributed by atoms with Gasteiger partial charge >= 0.3 is 0 Å². The van der Waals surface area contributed by atoms with Gasteiger partial charge in [0.1, 0.15) is 0 Å². The first-order valence-electron chi connectivity index (χ1n) is 9.02. The molecule has 1 aromatic heterocycles. The second-order valence-electron chi connectivity index (χ2n) is 7.25. The molecule has 1 heterocycles. The van der Waals surface area contributed by atoms with E-state index in [1.54, 1.807) is 6.07 Å². The van der Waals surface area contributed by atoms with Crippen LogP contribution in [0.2, 0.25) is 0 Å². The van der Waals surface area contributed by atoms with Crippen LogP contribution in [0.3, 0.4) is 0 Å². The van der Waals surface area contributed by atoms with Crippen LogP contribution in [0, 0.1) is 17.8 Å². The van der Waals surface area contributed by atoms with Crippen LogP contribution in [0.15, 0.2) is 48.8 Å². The highest BCUT2D eigenvalue weighted by Crippen LogP contribution is 2.49. The van der Waals surface area contributed by atoms with Crippen molar-refractivity contribution in [3.8, 4) is 5.69 Å². The standard InChI is InChI=1S/C20H23N3O2/c24-19(13-16-12-14-7-8-15(16)11-14)21-22-20(25)17-5-1-2-6-18(17)23-9-3-4-10-23/h1-6,9-10,14-16H,7-8,11-13H2,(H,21,24)(H,22,25)/t14-,15-,16+/m1/s1. The van der Waals surface area contributed by atoms with Gasteiger partial charge in [0.2, 0.25) is 5.91 Å². The smallest absolute Gasteiger partial charge is 0.271 e. The molecular formula is C20H23N3O2. The third-order valence-corrected chi connectivity index (χ3v) is 5.68. The first-order valence-corrected chi connectivity index (χ1v) is 9.02. The number of para-hydroxylation sites is 1. The lowest BCUT2D eigenvalue weighted by molar-refractivity contribution is -0.123. The van der Waals surface area contributed by atoms with E-state index in [0.29, 0.717) is 23.8 Å². The maximum Gasteiger partial charge on any atom is 0.271 e. The van der Waals surface area contributed by atoms with Crippen LogP contribution < -0.4 is 10.9 Å². The van der Waals surface area contributed by atoms with E-state index in [1.807, 2.05) is 47.3 Å². The second-order valence-corrected chi connectivity index (χ2v) is 7.25. The number of hydrogen-bond donors (Lipinski definition) is 2. The number of benzene rings is 1. The lowest BCUT2D eigenvalue weighted by Crippen LogP contribution is -2.42. The largest absolute Gasteiger partial charge is 0.323 e. The quantitative estimate of drug-likeness (QED) is 0.842. The van der Waals surface area contributed by atoms with Gasteiger partial charge in [-0.3, -0.25) is 20.4 Å². The second kappa shape index (κ2) is 6.75. The fraction of sp³-hybridized carbons (Fsp3) is 0.400. The summed E-state index contributed by atoms with van der Waals surface area (Å²) in [5.41, 5.74) is 6.47. The van der Waals surface area contributed by atoms with E-state index in [1.165, 1.54) is 25.7 Å². The van der Waals surface area contributed by atoms with Gasteiger partial charge in [-0.05, 0) is 61.3 Å². The van der Waals surface area contributed by atoms with Crippen molar-refractivity contribution in [1.82, 2.24) is 15.4 Å².